The van der Waals surface area contributed by atoms with Gasteiger partial charge in [0.05, 0.1) is 4.90 Å². The number of benzene rings is 1. The molecule has 0 aliphatic carbocycles. The first kappa shape index (κ1) is 15.0. The van der Waals surface area contributed by atoms with Gasteiger partial charge in [0.2, 0.25) is 15.9 Å². The standard InChI is InChI=1S/C13H19N3O3S/c14-13(17)11-4-1-5-12(7-11)20(18,19)16-9-10-3-2-6-15-8-10/h1,4-5,7,10,15-16H,2-3,6,8-9H2,(H2,14,17). The molecule has 0 bridgehead atoms. The molecule has 1 heterocycles. The average molecular weight is 297 g/mol. The van der Waals surface area contributed by atoms with Crippen molar-refractivity contribution in [3.05, 3.63) is 29.8 Å². The molecule has 2 rings (SSSR count). The van der Waals surface area contributed by atoms with Crippen molar-refractivity contribution in [2.24, 2.45) is 11.7 Å². The van der Waals surface area contributed by atoms with E-state index >= 15 is 0 Å². The monoisotopic (exact) mass is 297 g/mol. The van der Waals surface area contributed by atoms with Crippen LogP contribution in [0, 0.1) is 5.92 Å². The Morgan fingerprint density at radius 3 is 2.90 bits per heavy atom. The lowest BCUT2D eigenvalue weighted by Gasteiger charge is -2.22. The van der Waals surface area contributed by atoms with E-state index in [-0.39, 0.29) is 10.5 Å². The third kappa shape index (κ3) is 3.78. The number of nitrogens with one attached hydrogen (secondary N) is 2. The van der Waals surface area contributed by atoms with Gasteiger partial charge in [0.15, 0.2) is 0 Å². The zero-order valence-electron chi connectivity index (χ0n) is 11.1. The predicted molar refractivity (Wildman–Crippen MR) is 75.7 cm³/mol. The van der Waals surface area contributed by atoms with Crippen molar-refractivity contribution < 1.29 is 13.2 Å². The van der Waals surface area contributed by atoms with Crippen LogP contribution < -0.4 is 15.8 Å². The summed E-state index contributed by atoms with van der Waals surface area (Å²) >= 11 is 0. The number of carbonyl (C=O) groups is 1. The van der Waals surface area contributed by atoms with E-state index < -0.39 is 15.9 Å². The fourth-order valence-electron chi connectivity index (χ4n) is 2.23. The van der Waals surface area contributed by atoms with Gasteiger partial charge < -0.3 is 11.1 Å². The van der Waals surface area contributed by atoms with Crippen LogP contribution >= 0.6 is 0 Å². The number of primary amides is 1. The molecule has 1 saturated heterocycles. The van der Waals surface area contributed by atoms with Crippen LogP contribution in [0.5, 0.6) is 0 Å². The van der Waals surface area contributed by atoms with Crippen LogP contribution in [0.4, 0.5) is 0 Å². The Bertz CT molecular complexity index is 580. The van der Waals surface area contributed by atoms with Crippen LogP contribution in [0.1, 0.15) is 23.2 Å². The van der Waals surface area contributed by atoms with E-state index in [2.05, 4.69) is 10.0 Å². The van der Waals surface area contributed by atoms with Gasteiger partial charge in [-0.2, -0.15) is 0 Å². The summed E-state index contributed by atoms with van der Waals surface area (Å²) in [4.78, 5) is 11.2. The summed E-state index contributed by atoms with van der Waals surface area (Å²) < 4.78 is 26.9. The molecule has 4 N–H and O–H groups in total. The van der Waals surface area contributed by atoms with Crippen LogP contribution in [0.25, 0.3) is 0 Å². The molecule has 7 heteroatoms. The van der Waals surface area contributed by atoms with Crippen LogP contribution in [0.3, 0.4) is 0 Å². The highest BCUT2D eigenvalue weighted by atomic mass is 32.2. The smallest absolute Gasteiger partial charge is 0.248 e. The highest BCUT2D eigenvalue weighted by Crippen LogP contribution is 2.13. The van der Waals surface area contributed by atoms with E-state index in [9.17, 15) is 13.2 Å². The normalized spacial score (nSPS) is 19.7. The zero-order valence-corrected chi connectivity index (χ0v) is 11.9. The van der Waals surface area contributed by atoms with Crippen LogP contribution in [0.15, 0.2) is 29.2 Å². The SMILES string of the molecule is NC(=O)c1cccc(S(=O)(=O)NCC2CCCNC2)c1. The largest absolute Gasteiger partial charge is 0.366 e. The van der Waals surface area contributed by atoms with Gasteiger partial charge in [0.1, 0.15) is 0 Å². The van der Waals surface area contributed by atoms with Crippen molar-refractivity contribution in [2.75, 3.05) is 19.6 Å². The molecule has 1 aromatic rings. The Morgan fingerprint density at radius 1 is 1.45 bits per heavy atom. The Labute approximate surface area is 118 Å². The first-order valence-corrected chi connectivity index (χ1v) is 8.07. The number of nitrogens with two attached hydrogens (primary N) is 1. The van der Waals surface area contributed by atoms with E-state index in [0.717, 1.165) is 25.9 Å². The minimum atomic E-state index is -3.60. The molecule has 1 amide bonds. The number of carbonyl (C=O) groups excluding carboxylic acids is 1. The lowest BCUT2D eigenvalue weighted by atomic mass is 10.0. The molecule has 20 heavy (non-hydrogen) atoms. The maximum atomic E-state index is 12.2. The second-order valence-corrected chi connectivity index (χ2v) is 6.72. The molecular formula is C13H19N3O3S. The van der Waals surface area contributed by atoms with Crippen molar-refractivity contribution >= 4 is 15.9 Å². The van der Waals surface area contributed by atoms with Gasteiger partial charge >= 0.3 is 0 Å². The van der Waals surface area contributed by atoms with Crippen molar-refractivity contribution in [2.45, 2.75) is 17.7 Å². The summed E-state index contributed by atoms with van der Waals surface area (Å²) in [6.07, 6.45) is 2.07. The van der Waals surface area contributed by atoms with Gasteiger partial charge in [-0.25, -0.2) is 13.1 Å². The quantitative estimate of drug-likeness (QED) is 0.715. The van der Waals surface area contributed by atoms with Crippen LogP contribution in [-0.4, -0.2) is 34.0 Å². The Balaban J connectivity index is 2.05. The molecule has 1 unspecified atom stereocenters. The maximum Gasteiger partial charge on any atom is 0.248 e. The van der Waals surface area contributed by atoms with Gasteiger partial charge in [0, 0.05) is 12.1 Å². The molecule has 0 spiro atoms. The minimum Gasteiger partial charge on any atom is -0.366 e. The number of amides is 1. The van der Waals surface area contributed by atoms with E-state index in [0.29, 0.717) is 12.5 Å². The number of sulfonamides is 1. The van der Waals surface area contributed by atoms with Gasteiger partial charge in [-0.05, 0) is 50.0 Å². The number of rotatable bonds is 5. The number of hydrogen-bond acceptors (Lipinski definition) is 4. The minimum absolute atomic E-state index is 0.0672. The fourth-order valence-corrected chi connectivity index (χ4v) is 3.39. The van der Waals surface area contributed by atoms with Gasteiger partial charge in [-0.15, -0.1) is 0 Å². The number of hydrogen-bond donors (Lipinski definition) is 3. The number of piperidine rings is 1. The molecule has 1 aromatic carbocycles. The maximum absolute atomic E-state index is 12.2. The third-order valence-corrected chi connectivity index (χ3v) is 4.81. The molecule has 0 radical (unpaired) electrons. The van der Waals surface area contributed by atoms with Crippen molar-refractivity contribution in [3.63, 3.8) is 0 Å². The molecule has 0 aromatic heterocycles. The molecule has 1 aliphatic rings. The van der Waals surface area contributed by atoms with Crippen LogP contribution in [-0.2, 0) is 10.0 Å². The van der Waals surface area contributed by atoms with E-state index in [1.165, 1.54) is 24.3 Å². The Hall–Kier alpha value is -1.44. The van der Waals surface area contributed by atoms with Gasteiger partial charge in [-0.1, -0.05) is 6.07 Å². The predicted octanol–water partition coefficient (Wildman–Crippen LogP) is 0.0634. The summed E-state index contributed by atoms with van der Waals surface area (Å²) in [5, 5.41) is 3.24. The second kappa shape index (κ2) is 6.34. The molecular weight excluding hydrogens is 278 g/mol. The molecule has 0 saturated carbocycles. The summed E-state index contributed by atoms with van der Waals surface area (Å²) in [7, 11) is -3.60. The van der Waals surface area contributed by atoms with Gasteiger partial charge in [-0.3, -0.25) is 4.79 Å². The first-order valence-electron chi connectivity index (χ1n) is 6.59. The second-order valence-electron chi connectivity index (χ2n) is 4.96. The van der Waals surface area contributed by atoms with Crippen molar-refractivity contribution in [1.29, 1.82) is 0 Å². The molecule has 1 aliphatic heterocycles. The van der Waals surface area contributed by atoms with E-state index in [1.54, 1.807) is 0 Å². The summed E-state index contributed by atoms with van der Waals surface area (Å²) in [5.74, 6) is -0.337. The van der Waals surface area contributed by atoms with Gasteiger partial charge in [0.25, 0.3) is 0 Å². The first-order chi connectivity index (χ1) is 9.49. The average Bonchev–Trinajstić information content (AvgIpc) is 2.46. The topological polar surface area (TPSA) is 101 Å². The lowest BCUT2D eigenvalue weighted by molar-refractivity contribution is 0.1000. The van der Waals surface area contributed by atoms with Crippen LogP contribution in [0.2, 0.25) is 0 Å². The zero-order chi connectivity index (χ0) is 14.6. The lowest BCUT2D eigenvalue weighted by Crippen LogP contribution is -2.38. The summed E-state index contributed by atoms with van der Waals surface area (Å²) in [6.45, 7) is 2.21. The van der Waals surface area contributed by atoms with E-state index in [4.69, 9.17) is 5.73 Å². The van der Waals surface area contributed by atoms with E-state index in [1.807, 2.05) is 0 Å². The Kier molecular flexibility index (Phi) is 4.74. The fraction of sp³-hybridized carbons (Fsp3) is 0.462. The summed E-state index contributed by atoms with van der Waals surface area (Å²) in [6, 6.07) is 5.75. The highest BCUT2D eigenvalue weighted by molar-refractivity contribution is 7.89. The Morgan fingerprint density at radius 2 is 2.25 bits per heavy atom. The third-order valence-electron chi connectivity index (χ3n) is 3.39. The molecule has 110 valence electrons. The highest BCUT2D eigenvalue weighted by Gasteiger charge is 2.19. The van der Waals surface area contributed by atoms with Crippen molar-refractivity contribution in [1.82, 2.24) is 10.0 Å². The molecule has 6 nitrogen and oxygen atoms in total. The molecule has 1 atom stereocenters. The summed E-state index contributed by atoms with van der Waals surface area (Å²) in [5.41, 5.74) is 5.34. The van der Waals surface area contributed by atoms with Crippen molar-refractivity contribution in [3.8, 4) is 0 Å². The molecule has 1 fully saturated rings.